The Labute approximate surface area is 185 Å². The molecule has 1 amide bonds. The predicted molar refractivity (Wildman–Crippen MR) is 119 cm³/mol. The number of halogens is 1. The summed E-state index contributed by atoms with van der Waals surface area (Å²) in [5, 5.41) is 7.19. The van der Waals surface area contributed by atoms with Crippen LogP contribution in [0, 0.1) is 5.82 Å². The topological polar surface area (TPSA) is 94.0 Å². The van der Waals surface area contributed by atoms with Gasteiger partial charge in [0.1, 0.15) is 5.82 Å². The normalized spacial score (nSPS) is 13.6. The number of rotatable bonds is 5. The summed E-state index contributed by atoms with van der Waals surface area (Å²) >= 11 is 0. The number of carbonyl (C=O) groups is 1. The molecule has 0 atom stereocenters. The Balaban J connectivity index is 1.60. The summed E-state index contributed by atoms with van der Waals surface area (Å²) in [4.78, 5) is 17.1. The van der Waals surface area contributed by atoms with Crippen molar-refractivity contribution in [2.75, 3.05) is 6.26 Å². The van der Waals surface area contributed by atoms with Gasteiger partial charge < -0.3 is 5.32 Å². The van der Waals surface area contributed by atoms with Gasteiger partial charge in [-0.1, -0.05) is 18.2 Å². The highest BCUT2D eigenvalue weighted by molar-refractivity contribution is 7.90. The van der Waals surface area contributed by atoms with Gasteiger partial charge >= 0.3 is 0 Å². The van der Waals surface area contributed by atoms with Crippen molar-refractivity contribution in [3.8, 4) is 5.69 Å². The third-order valence-electron chi connectivity index (χ3n) is 4.96. The number of nitrogens with zero attached hydrogens (tertiary/aromatic N) is 3. The predicted octanol–water partition coefficient (Wildman–Crippen LogP) is 3.32. The molecule has 2 aromatic heterocycles. The highest BCUT2D eigenvalue weighted by atomic mass is 32.2. The van der Waals surface area contributed by atoms with E-state index in [1.807, 2.05) is 18.2 Å². The molecular weight excluding hydrogens is 431 g/mol. The van der Waals surface area contributed by atoms with Crippen LogP contribution in [0.5, 0.6) is 0 Å². The van der Waals surface area contributed by atoms with Gasteiger partial charge in [0.2, 0.25) is 0 Å². The zero-order chi connectivity index (χ0) is 22.7. The number of benzene rings is 1. The molecule has 0 bridgehead atoms. The molecule has 0 spiro atoms. The molecule has 4 rings (SSSR count). The maximum Gasteiger partial charge on any atom is 0.252 e. The summed E-state index contributed by atoms with van der Waals surface area (Å²) in [5.74, 6) is -0.653. The van der Waals surface area contributed by atoms with E-state index in [-0.39, 0.29) is 23.3 Å². The van der Waals surface area contributed by atoms with Crippen molar-refractivity contribution in [3.63, 3.8) is 0 Å². The Kier molecular flexibility index (Phi) is 6.00. The van der Waals surface area contributed by atoms with Crippen LogP contribution >= 0.6 is 0 Å². The van der Waals surface area contributed by atoms with E-state index >= 15 is 0 Å². The van der Waals surface area contributed by atoms with Crippen molar-refractivity contribution in [1.82, 2.24) is 20.1 Å². The number of allylic oxidation sites excluding steroid dienone is 2. The SMILES string of the molecule is CS(=O)(=O)c1cccc(CNC(=O)C2=CCCC=Cc3c2cnn3-c2ccc(F)cc2)n1. The molecule has 2 heterocycles. The average Bonchev–Trinajstić information content (AvgIpc) is 3.15. The largest absolute Gasteiger partial charge is 0.346 e. The van der Waals surface area contributed by atoms with Crippen molar-refractivity contribution >= 4 is 27.4 Å². The fraction of sp³-hybridized carbons (Fsp3) is 0.174. The quantitative estimate of drug-likeness (QED) is 0.641. The number of aromatic nitrogens is 3. The maximum atomic E-state index is 13.3. The van der Waals surface area contributed by atoms with Gasteiger partial charge in [-0.15, -0.1) is 0 Å². The molecule has 0 fully saturated rings. The molecule has 3 aromatic rings. The lowest BCUT2D eigenvalue weighted by atomic mass is 10.0. The first-order chi connectivity index (χ1) is 15.3. The van der Waals surface area contributed by atoms with Gasteiger partial charge in [0.15, 0.2) is 14.9 Å². The number of nitrogens with one attached hydrogen (secondary N) is 1. The molecule has 32 heavy (non-hydrogen) atoms. The average molecular weight is 453 g/mol. The van der Waals surface area contributed by atoms with Crippen molar-refractivity contribution in [2.24, 2.45) is 0 Å². The second-order valence-electron chi connectivity index (χ2n) is 7.35. The smallest absolute Gasteiger partial charge is 0.252 e. The number of sulfone groups is 1. The molecule has 0 aliphatic heterocycles. The number of amides is 1. The molecule has 1 N–H and O–H groups in total. The highest BCUT2D eigenvalue weighted by Crippen LogP contribution is 2.26. The molecule has 1 aromatic carbocycles. The lowest BCUT2D eigenvalue weighted by Gasteiger charge is -2.12. The van der Waals surface area contributed by atoms with Crippen LogP contribution in [0.15, 0.2) is 65.8 Å². The number of hydrogen-bond acceptors (Lipinski definition) is 5. The van der Waals surface area contributed by atoms with E-state index in [4.69, 9.17) is 0 Å². The second kappa shape index (κ2) is 8.88. The Morgan fingerprint density at radius 1 is 1.16 bits per heavy atom. The Hall–Kier alpha value is -3.59. The zero-order valence-electron chi connectivity index (χ0n) is 17.3. The van der Waals surface area contributed by atoms with Gasteiger partial charge in [-0.25, -0.2) is 22.5 Å². The molecular formula is C23H21FN4O3S. The van der Waals surface area contributed by atoms with Crippen LogP contribution in [0.1, 0.15) is 29.8 Å². The van der Waals surface area contributed by atoms with Crippen molar-refractivity contribution in [1.29, 1.82) is 0 Å². The monoisotopic (exact) mass is 452 g/mol. The van der Waals surface area contributed by atoms with E-state index in [9.17, 15) is 17.6 Å². The molecule has 0 saturated carbocycles. The fourth-order valence-corrected chi connectivity index (χ4v) is 4.00. The summed E-state index contributed by atoms with van der Waals surface area (Å²) in [5.41, 5.74) is 2.96. The molecule has 9 heteroatoms. The van der Waals surface area contributed by atoms with Crippen molar-refractivity contribution in [3.05, 3.63) is 83.6 Å². The number of fused-ring (bicyclic) bond motifs is 1. The zero-order valence-corrected chi connectivity index (χ0v) is 18.1. The number of carbonyl (C=O) groups excluding carboxylic acids is 1. The lowest BCUT2D eigenvalue weighted by molar-refractivity contribution is -0.115. The lowest BCUT2D eigenvalue weighted by Crippen LogP contribution is -2.25. The van der Waals surface area contributed by atoms with Crippen molar-refractivity contribution in [2.45, 2.75) is 24.4 Å². The third kappa shape index (κ3) is 4.67. The molecule has 0 unspecified atom stereocenters. The van der Waals surface area contributed by atoms with E-state index in [1.54, 1.807) is 35.1 Å². The van der Waals surface area contributed by atoms with Crippen LogP contribution in [0.2, 0.25) is 0 Å². The molecule has 164 valence electrons. The summed E-state index contributed by atoms with van der Waals surface area (Å²) in [7, 11) is -3.44. The summed E-state index contributed by atoms with van der Waals surface area (Å²) in [6.07, 6.45) is 9.91. The first kappa shape index (κ1) is 21.6. The van der Waals surface area contributed by atoms with E-state index in [0.29, 0.717) is 28.9 Å². The van der Waals surface area contributed by atoms with Gasteiger partial charge in [0.25, 0.3) is 5.91 Å². The van der Waals surface area contributed by atoms with E-state index in [0.717, 1.165) is 18.4 Å². The minimum Gasteiger partial charge on any atom is -0.346 e. The Morgan fingerprint density at radius 2 is 1.94 bits per heavy atom. The summed E-state index contributed by atoms with van der Waals surface area (Å²) in [6.45, 7) is 0.0802. The molecule has 0 radical (unpaired) electrons. The van der Waals surface area contributed by atoms with Crippen LogP contribution in [-0.2, 0) is 21.2 Å². The van der Waals surface area contributed by atoms with E-state index < -0.39 is 9.84 Å². The molecule has 1 aliphatic carbocycles. The van der Waals surface area contributed by atoms with Crippen molar-refractivity contribution < 1.29 is 17.6 Å². The van der Waals surface area contributed by atoms with E-state index in [2.05, 4.69) is 15.4 Å². The van der Waals surface area contributed by atoms with Crippen LogP contribution in [0.3, 0.4) is 0 Å². The minimum absolute atomic E-state index is 0.0394. The Morgan fingerprint density at radius 3 is 2.69 bits per heavy atom. The van der Waals surface area contributed by atoms with E-state index in [1.165, 1.54) is 18.2 Å². The summed E-state index contributed by atoms with van der Waals surface area (Å²) in [6, 6.07) is 10.6. The van der Waals surface area contributed by atoms with Crippen LogP contribution in [0.25, 0.3) is 17.3 Å². The standard InChI is InChI=1S/C23H21FN4O3S/c1-32(30,31)22-9-5-6-17(27-22)14-25-23(29)19-7-3-2-4-8-21-20(19)15-26-28(21)18-12-10-16(24)11-13-18/h4-13,15H,2-3,14H2,1H3,(H,25,29). The van der Waals surface area contributed by atoms with Crippen LogP contribution in [0.4, 0.5) is 4.39 Å². The van der Waals surface area contributed by atoms with Gasteiger partial charge in [0, 0.05) is 17.4 Å². The van der Waals surface area contributed by atoms with Gasteiger partial charge in [-0.05, 0) is 55.3 Å². The summed E-state index contributed by atoms with van der Waals surface area (Å²) < 4.78 is 38.4. The van der Waals surface area contributed by atoms with Gasteiger partial charge in [0.05, 0.1) is 29.8 Å². The maximum absolute atomic E-state index is 13.3. The molecule has 7 nitrogen and oxygen atoms in total. The van der Waals surface area contributed by atoms with Gasteiger partial charge in [-0.3, -0.25) is 4.79 Å². The Bertz CT molecular complexity index is 1330. The fourth-order valence-electron chi connectivity index (χ4n) is 3.39. The van der Waals surface area contributed by atoms with Crippen LogP contribution in [-0.4, -0.2) is 35.3 Å². The molecule has 1 aliphatic rings. The minimum atomic E-state index is -3.44. The highest BCUT2D eigenvalue weighted by Gasteiger charge is 2.20. The second-order valence-corrected chi connectivity index (χ2v) is 9.31. The number of pyridine rings is 1. The first-order valence-electron chi connectivity index (χ1n) is 9.98. The van der Waals surface area contributed by atoms with Crippen LogP contribution < -0.4 is 5.32 Å². The molecule has 0 saturated heterocycles. The first-order valence-corrected chi connectivity index (χ1v) is 11.9. The number of hydrogen-bond donors (Lipinski definition) is 1. The third-order valence-corrected chi connectivity index (χ3v) is 5.95. The van der Waals surface area contributed by atoms with Gasteiger partial charge in [-0.2, -0.15) is 5.10 Å².